The molecule has 0 amide bonds. The average Bonchev–Trinajstić information content (AvgIpc) is 3.10. The van der Waals surface area contributed by atoms with Gasteiger partial charge in [0.15, 0.2) is 0 Å². The molecule has 2 aliphatic heterocycles. The zero-order valence-electron chi connectivity index (χ0n) is 11.8. The van der Waals surface area contributed by atoms with Crippen molar-refractivity contribution in [3.8, 4) is 0 Å². The number of furan rings is 1. The standard InChI is InChI=1S/C15H25N3O/c1-12-4-5-15(19-12)14(10-16)18-9-6-13(11-18)17-7-2-3-8-17/h4-5,13-14H,2-3,6-11,16H2,1H3. The number of likely N-dealkylation sites (tertiary alicyclic amines) is 2. The summed E-state index contributed by atoms with van der Waals surface area (Å²) in [7, 11) is 0. The molecule has 4 heteroatoms. The van der Waals surface area contributed by atoms with Gasteiger partial charge < -0.3 is 10.2 Å². The van der Waals surface area contributed by atoms with Crippen molar-refractivity contribution < 1.29 is 4.42 Å². The zero-order chi connectivity index (χ0) is 13.2. The molecular formula is C15H25N3O. The Labute approximate surface area is 115 Å². The van der Waals surface area contributed by atoms with Gasteiger partial charge in [-0.05, 0) is 51.4 Å². The van der Waals surface area contributed by atoms with Gasteiger partial charge in [0.1, 0.15) is 11.5 Å². The van der Waals surface area contributed by atoms with Crippen molar-refractivity contribution in [3.63, 3.8) is 0 Å². The van der Waals surface area contributed by atoms with Gasteiger partial charge in [0.05, 0.1) is 6.04 Å². The van der Waals surface area contributed by atoms with Gasteiger partial charge in [-0.25, -0.2) is 0 Å². The molecule has 0 saturated carbocycles. The molecule has 0 aliphatic carbocycles. The van der Waals surface area contributed by atoms with E-state index in [1.807, 2.05) is 13.0 Å². The first-order valence-corrected chi connectivity index (χ1v) is 7.52. The van der Waals surface area contributed by atoms with E-state index in [-0.39, 0.29) is 6.04 Å². The van der Waals surface area contributed by atoms with Gasteiger partial charge in [0.25, 0.3) is 0 Å². The van der Waals surface area contributed by atoms with Crippen LogP contribution in [0.25, 0.3) is 0 Å². The molecule has 19 heavy (non-hydrogen) atoms. The van der Waals surface area contributed by atoms with Crippen molar-refractivity contribution in [1.29, 1.82) is 0 Å². The van der Waals surface area contributed by atoms with Crippen LogP contribution in [-0.2, 0) is 0 Å². The topological polar surface area (TPSA) is 45.6 Å². The SMILES string of the molecule is Cc1ccc(C(CN)N2CCC(N3CCCC3)C2)o1. The number of rotatable bonds is 4. The molecule has 4 nitrogen and oxygen atoms in total. The third-order valence-electron chi connectivity index (χ3n) is 4.61. The molecule has 2 aliphatic rings. The highest BCUT2D eigenvalue weighted by Gasteiger charge is 2.33. The largest absolute Gasteiger partial charge is 0.465 e. The Bertz CT molecular complexity index is 411. The van der Waals surface area contributed by atoms with E-state index in [0.717, 1.165) is 30.7 Å². The third-order valence-corrected chi connectivity index (χ3v) is 4.61. The van der Waals surface area contributed by atoms with Crippen LogP contribution in [0.5, 0.6) is 0 Å². The summed E-state index contributed by atoms with van der Waals surface area (Å²) in [5.41, 5.74) is 5.98. The second-order valence-electron chi connectivity index (χ2n) is 5.88. The molecule has 2 atom stereocenters. The molecule has 2 unspecified atom stereocenters. The summed E-state index contributed by atoms with van der Waals surface area (Å²) < 4.78 is 5.77. The predicted molar refractivity (Wildman–Crippen MR) is 76.0 cm³/mol. The quantitative estimate of drug-likeness (QED) is 0.899. The first kappa shape index (κ1) is 13.2. The normalized spacial score (nSPS) is 27.2. The predicted octanol–water partition coefficient (Wildman–Crippen LogP) is 1.76. The molecule has 0 spiro atoms. The molecule has 2 N–H and O–H groups in total. The van der Waals surface area contributed by atoms with E-state index >= 15 is 0 Å². The van der Waals surface area contributed by atoms with Gasteiger partial charge in [0, 0.05) is 25.7 Å². The lowest BCUT2D eigenvalue weighted by Crippen LogP contribution is -2.37. The van der Waals surface area contributed by atoms with Gasteiger partial charge in [-0.3, -0.25) is 9.80 Å². The maximum atomic E-state index is 5.98. The van der Waals surface area contributed by atoms with E-state index in [9.17, 15) is 0 Å². The van der Waals surface area contributed by atoms with Gasteiger partial charge in [-0.1, -0.05) is 0 Å². The number of hydrogen-bond donors (Lipinski definition) is 1. The van der Waals surface area contributed by atoms with Crippen LogP contribution < -0.4 is 5.73 Å². The lowest BCUT2D eigenvalue weighted by Gasteiger charge is -2.27. The second kappa shape index (κ2) is 5.65. The fraction of sp³-hybridized carbons (Fsp3) is 0.733. The molecule has 1 aromatic heterocycles. The molecule has 0 aromatic carbocycles. The molecule has 1 aromatic rings. The van der Waals surface area contributed by atoms with Crippen LogP contribution >= 0.6 is 0 Å². The summed E-state index contributed by atoms with van der Waals surface area (Å²) in [6.45, 7) is 7.48. The van der Waals surface area contributed by atoms with E-state index in [0.29, 0.717) is 6.54 Å². The summed E-state index contributed by atoms with van der Waals surface area (Å²) in [6.07, 6.45) is 4.01. The van der Waals surface area contributed by atoms with Crippen LogP contribution in [0.4, 0.5) is 0 Å². The van der Waals surface area contributed by atoms with Crippen LogP contribution in [0.2, 0.25) is 0 Å². The van der Waals surface area contributed by atoms with Crippen molar-refractivity contribution in [1.82, 2.24) is 9.80 Å². The fourth-order valence-electron chi connectivity index (χ4n) is 3.53. The van der Waals surface area contributed by atoms with Crippen molar-refractivity contribution >= 4 is 0 Å². The highest BCUT2D eigenvalue weighted by Crippen LogP contribution is 2.28. The minimum Gasteiger partial charge on any atom is -0.465 e. The number of aryl methyl sites for hydroxylation is 1. The number of hydrogen-bond acceptors (Lipinski definition) is 4. The third kappa shape index (κ3) is 2.71. The molecule has 0 radical (unpaired) electrons. The number of nitrogens with zero attached hydrogens (tertiary/aromatic N) is 2. The Balaban J connectivity index is 1.65. The van der Waals surface area contributed by atoms with E-state index in [1.165, 1.54) is 32.4 Å². The first-order chi connectivity index (χ1) is 9.28. The molecular weight excluding hydrogens is 238 g/mol. The van der Waals surface area contributed by atoms with Crippen molar-refractivity contribution in [3.05, 3.63) is 23.7 Å². The Morgan fingerprint density at radius 3 is 2.74 bits per heavy atom. The Kier molecular flexibility index (Phi) is 3.91. The number of nitrogens with two attached hydrogens (primary N) is 1. The molecule has 3 rings (SSSR count). The van der Waals surface area contributed by atoms with Crippen LogP contribution in [-0.4, -0.2) is 48.6 Å². The van der Waals surface area contributed by atoms with Crippen molar-refractivity contribution in [2.24, 2.45) is 5.73 Å². The zero-order valence-corrected chi connectivity index (χ0v) is 11.8. The summed E-state index contributed by atoms with van der Waals surface area (Å²) in [4.78, 5) is 5.15. The average molecular weight is 263 g/mol. The Morgan fingerprint density at radius 2 is 2.11 bits per heavy atom. The van der Waals surface area contributed by atoms with E-state index in [2.05, 4.69) is 15.9 Å². The second-order valence-corrected chi connectivity index (χ2v) is 5.88. The van der Waals surface area contributed by atoms with Gasteiger partial charge in [-0.15, -0.1) is 0 Å². The Morgan fingerprint density at radius 1 is 1.32 bits per heavy atom. The van der Waals surface area contributed by atoms with E-state index in [1.54, 1.807) is 0 Å². The smallest absolute Gasteiger partial charge is 0.122 e. The summed E-state index contributed by atoms with van der Waals surface area (Å²) >= 11 is 0. The Hall–Kier alpha value is -0.840. The van der Waals surface area contributed by atoms with Gasteiger partial charge in [-0.2, -0.15) is 0 Å². The van der Waals surface area contributed by atoms with Crippen LogP contribution in [0.1, 0.15) is 36.8 Å². The summed E-state index contributed by atoms with van der Waals surface area (Å²) in [5.74, 6) is 2.01. The maximum absolute atomic E-state index is 5.98. The van der Waals surface area contributed by atoms with Crippen LogP contribution in [0.3, 0.4) is 0 Å². The van der Waals surface area contributed by atoms with E-state index < -0.39 is 0 Å². The van der Waals surface area contributed by atoms with E-state index in [4.69, 9.17) is 10.2 Å². The van der Waals surface area contributed by atoms with Crippen molar-refractivity contribution in [2.45, 2.75) is 38.3 Å². The van der Waals surface area contributed by atoms with Gasteiger partial charge in [0.2, 0.25) is 0 Å². The molecule has 2 fully saturated rings. The lowest BCUT2D eigenvalue weighted by atomic mass is 10.2. The maximum Gasteiger partial charge on any atom is 0.122 e. The highest BCUT2D eigenvalue weighted by molar-refractivity contribution is 5.11. The first-order valence-electron chi connectivity index (χ1n) is 7.52. The minimum atomic E-state index is 0.251. The monoisotopic (exact) mass is 263 g/mol. The minimum absolute atomic E-state index is 0.251. The molecule has 2 saturated heterocycles. The summed E-state index contributed by atoms with van der Waals surface area (Å²) in [5, 5.41) is 0. The van der Waals surface area contributed by atoms with Crippen LogP contribution in [0, 0.1) is 6.92 Å². The highest BCUT2D eigenvalue weighted by atomic mass is 16.3. The molecule has 0 bridgehead atoms. The molecule has 106 valence electrons. The molecule has 3 heterocycles. The fourth-order valence-corrected chi connectivity index (χ4v) is 3.53. The van der Waals surface area contributed by atoms with Crippen LogP contribution in [0.15, 0.2) is 16.5 Å². The van der Waals surface area contributed by atoms with Crippen molar-refractivity contribution in [2.75, 3.05) is 32.7 Å². The summed E-state index contributed by atoms with van der Waals surface area (Å²) in [6, 6.07) is 5.09. The van der Waals surface area contributed by atoms with Gasteiger partial charge >= 0.3 is 0 Å². The lowest BCUT2D eigenvalue weighted by molar-refractivity contribution is 0.186.